The molecule has 0 aromatic carbocycles. The molecule has 3 nitrogen and oxygen atoms in total. The van der Waals surface area contributed by atoms with Crippen LogP contribution in [-0.2, 0) is 0 Å². The molecule has 0 aromatic heterocycles. The first-order chi connectivity index (χ1) is 9.15. The van der Waals surface area contributed by atoms with Gasteiger partial charge in [-0.2, -0.15) is 0 Å². The van der Waals surface area contributed by atoms with Crippen molar-refractivity contribution in [3.8, 4) is 0 Å². The van der Waals surface area contributed by atoms with Gasteiger partial charge in [0.1, 0.15) is 0 Å². The SMILES string of the molecule is CCCC1CCC(N)C(CN2CCC(C)C2CO)C1. The Morgan fingerprint density at radius 3 is 2.74 bits per heavy atom. The van der Waals surface area contributed by atoms with E-state index in [0.717, 1.165) is 19.0 Å². The minimum atomic E-state index is 0.307. The molecule has 2 aliphatic rings. The van der Waals surface area contributed by atoms with Crippen LogP contribution in [0.5, 0.6) is 0 Å². The molecule has 112 valence electrons. The van der Waals surface area contributed by atoms with Crippen LogP contribution in [0.25, 0.3) is 0 Å². The monoisotopic (exact) mass is 268 g/mol. The van der Waals surface area contributed by atoms with Gasteiger partial charge in [0.15, 0.2) is 0 Å². The number of aliphatic hydroxyl groups is 1. The molecule has 5 unspecified atom stereocenters. The number of aliphatic hydroxyl groups excluding tert-OH is 1. The minimum absolute atomic E-state index is 0.307. The molecule has 3 heteroatoms. The average Bonchev–Trinajstić information content (AvgIpc) is 2.74. The van der Waals surface area contributed by atoms with Gasteiger partial charge in [0.25, 0.3) is 0 Å². The molecule has 19 heavy (non-hydrogen) atoms. The lowest BCUT2D eigenvalue weighted by Gasteiger charge is -2.38. The summed E-state index contributed by atoms with van der Waals surface area (Å²) in [5.41, 5.74) is 6.35. The zero-order chi connectivity index (χ0) is 13.8. The molecule has 2 fully saturated rings. The Morgan fingerprint density at radius 1 is 1.26 bits per heavy atom. The predicted octanol–water partition coefficient (Wildman–Crippen LogP) is 2.23. The molecular weight excluding hydrogens is 236 g/mol. The van der Waals surface area contributed by atoms with Crippen molar-refractivity contribution in [1.82, 2.24) is 4.90 Å². The second-order valence-electron chi connectivity index (χ2n) is 6.90. The Morgan fingerprint density at radius 2 is 2.05 bits per heavy atom. The van der Waals surface area contributed by atoms with Crippen molar-refractivity contribution in [2.75, 3.05) is 19.7 Å². The van der Waals surface area contributed by atoms with Gasteiger partial charge in [-0.05, 0) is 50.0 Å². The molecule has 0 amide bonds. The fraction of sp³-hybridized carbons (Fsp3) is 1.00. The summed E-state index contributed by atoms with van der Waals surface area (Å²) < 4.78 is 0. The van der Waals surface area contributed by atoms with Crippen molar-refractivity contribution in [1.29, 1.82) is 0 Å². The number of nitrogens with zero attached hydrogens (tertiary/aromatic N) is 1. The van der Waals surface area contributed by atoms with Gasteiger partial charge >= 0.3 is 0 Å². The number of likely N-dealkylation sites (tertiary alicyclic amines) is 1. The van der Waals surface area contributed by atoms with Gasteiger partial charge < -0.3 is 10.8 Å². The normalized spacial score (nSPS) is 40.7. The molecule has 0 aromatic rings. The summed E-state index contributed by atoms with van der Waals surface area (Å²) in [6.07, 6.45) is 7.72. The summed E-state index contributed by atoms with van der Waals surface area (Å²) in [6.45, 7) is 7.11. The molecule has 0 bridgehead atoms. The minimum Gasteiger partial charge on any atom is -0.395 e. The van der Waals surface area contributed by atoms with Crippen LogP contribution in [0.15, 0.2) is 0 Å². The molecular formula is C16H32N2O. The highest BCUT2D eigenvalue weighted by atomic mass is 16.3. The van der Waals surface area contributed by atoms with E-state index in [1.54, 1.807) is 0 Å². The van der Waals surface area contributed by atoms with E-state index in [1.807, 2.05) is 0 Å². The molecule has 0 radical (unpaired) electrons. The Bertz CT molecular complexity index is 271. The van der Waals surface area contributed by atoms with E-state index in [2.05, 4.69) is 18.7 Å². The Kier molecular flexibility index (Phi) is 5.67. The second kappa shape index (κ2) is 7.05. The summed E-state index contributed by atoms with van der Waals surface area (Å²) in [6, 6.07) is 0.752. The molecule has 1 heterocycles. The highest BCUT2D eigenvalue weighted by molar-refractivity contribution is 4.90. The van der Waals surface area contributed by atoms with Crippen molar-refractivity contribution >= 4 is 0 Å². The third-order valence-electron chi connectivity index (χ3n) is 5.50. The van der Waals surface area contributed by atoms with E-state index in [4.69, 9.17) is 5.73 Å². The maximum Gasteiger partial charge on any atom is 0.0589 e. The highest BCUT2D eigenvalue weighted by Gasteiger charge is 2.35. The third-order valence-corrected chi connectivity index (χ3v) is 5.50. The molecule has 1 saturated carbocycles. The van der Waals surface area contributed by atoms with Crippen molar-refractivity contribution in [3.05, 3.63) is 0 Å². The molecule has 0 spiro atoms. The lowest BCUT2D eigenvalue weighted by Crippen LogP contribution is -2.46. The van der Waals surface area contributed by atoms with Gasteiger partial charge in [0.2, 0.25) is 0 Å². The van der Waals surface area contributed by atoms with Crippen LogP contribution in [0.4, 0.5) is 0 Å². The summed E-state index contributed by atoms with van der Waals surface area (Å²) in [5.74, 6) is 2.17. The quantitative estimate of drug-likeness (QED) is 0.804. The summed E-state index contributed by atoms with van der Waals surface area (Å²) in [5, 5.41) is 9.57. The van der Waals surface area contributed by atoms with E-state index in [0.29, 0.717) is 30.5 Å². The number of hydrogen-bond acceptors (Lipinski definition) is 3. The predicted molar refractivity (Wildman–Crippen MR) is 79.9 cm³/mol. The fourth-order valence-electron chi connectivity index (χ4n) is 4.18. The van der Waals surface area contributed by atoms with Crippen molar-refractivity contribution in [2.45, 2.75) is 64.5 Å². The molecule has 1 aliphatic carbocycles. The van der Waals surface area contributed by atoms with Crippen LogP contribution in [0, 0.1) is 17.8 Å². The molecule has 3 N–H and O–H groups in total. The van der Waals surface area contributed by atoms with Gasteiger partial charge in [0.05, 0.1) is 6.61 Å². The first-order valence-electron chi connectivity index (χ1n) is 8.26. The fourth-order valence-corrected chi connectivity index (χ4v) is 4.18. The lowest BCUT2D eigenvalue weighted by molar-refractivity contribution is 0.0992. The van der Waals surface area contributed by atoms with E-state index in [1.165, 1.54) is 38.5 Å². The molecule has 1 aliphatic heterocycles. The van der Waals surface area contributed by atoms with Crippen LogP contribution in [0.1, 0.15) is 52.4 Å². The third kappa shape index (κ3) is 3.71. The number of nitrogens with two attached hydrogens (primary N) is 1. The van der Waals surface area contributed by atoms with Gasteiger partial charge in [-0.25, -0.2) is 0 Å². The van der Waals surface area contributed by atoms with E-state index >= 15 is 0 Å². The zero-order valence-corrected chi connectivity index (χ0v) is 12.7. The Hall–Kier alpha value is -0.120. The largest absolute Gasteiger partial charge is 0.395 e. The molecule has 1 saturated heterocycles. The first-order valence-corrected chi connectivity index (χ1v) is 8.26. The smallest absolute Gasteiger partial charge is 0.0589 e. The Balaban J connectivity index is 1.89. The van der Waals surface area contributed by atoms with E-state index < -0.39 is 0 Å². The average molecular weight is 268 g/mol. The summed E-state index contributed by atoms with van der Waals surface area (Å²) in [4.78, 5) is 2.50. The molecule has 2 rings (SSSR count). The van der Waals surface area contributed by atoms with Crippen molar-refractivity contribution in [2.24, 2.45) is 23.5 Å². The Labute approximate surface area is 118 Å². The van der Waals surface area contributed by atoms with Gasteiger partial charge in [-0.1, -0.05) is 26.7 Å². The highest BCUT2D eigenvalue weighted by Crippen LogP contribution is 2.34. The summed E-state index contributed by atoms with van der Waals surface area (Å²) >= 11 is 0. The summed E-state index contributed by atoms with van der Waals surface area (Å²) in [7, 11) is 0. The second-order valence-corrected chi connectivity index (χ2v) is 6.90. The first kappa shape index (κ1) is 15.3. The zero-order valence-electron chi connectivity index (χ0n) is 12.7. The number of hydrogen-bond donors (Lipinski definition) is 2. The van der Waals surface area contributed by atoms with Crippen LogP contribution in [0.2, 0.25) is 0 Å². The maximum atomic E-state index is 9.57. The van der Waals surface area contributed by atoms with Crippen molar-refractivity contribution in [3.63, 3.8) is 0 Å². The number of rotatable bonds is 5. The van der Waals surface area contributed by atoms with E-state index in [9.17, 15) is 5.11 Å². The van der Waals surface area contributed by atoms with Crippen molar-refractivity contribution < 1.29 is 5.11 Å². The van der Waals surface area contributed by atoms with Gasteiger partial charge in [0, 0.05) is 18.6 Å². The van der Waals surface area contributed by atoms with Gasteiger partial charge in [-0.15, -0.1) is 0 Å². The standard InChI is InChI=1S/C16H32N2O/c1-3-4-13-5-6-15(17)14(9-13)10-18-8-7-12(2)16(18)11-19/h12-16,19H,3-11,17H2,1-2H3. The van der Waals surface area contributed by atoms with Gasteiger partial charge in [-0.3, -0.25) is 4.90 Å². The molecule has 5 atom stereocenters. The maximum absolute atomic E-state index is 9.57. The lowest BCUT2D eigenvalue weighted by atomic mass is 9.76. The van der Waals surface area contributed by atoms with Crippen LogP contribution < -0.4 is 5.73 Å². The van der Waals surface area contributed by atoms with E-state index in [-0.39, 0.29) is 0 Å². The van der Waals surface area contributed by atoms with Crippen LogP contribution in [0.3, 0.4) is 0 Å². The topological polar surface area (TPSA) is 49.5 Å². The van der Waals surface area contributed by atoms with Crippen LogP contribution >= 0.6 is 0 Å². The van der Waals surface area contributed by atoms with Crippen LogP contribution in [-0.4, -0.2) is 41.8 Å².